The van der Waals surface area contributed by atoms with E-state index in [2.05, 4.69) is 23.7 Å². The van der Waals surface area contributed by atoms with E-state index in [0.717, 1.165) is 28.4 Å². The van der Waals surface area contributed by atoms with Gasteiger partial charge < -0.3 is 9.88 Å². The fraction of sp³-hybridized carbons (Fsp3) is 0.500. The molecule has 1 saturated carbocycles. The molecule has 0 unspecified atom stereocenters. The first kappa shape index (κ1) is 12.0. The molecule has 0 spiro atoms. The molecule has 1 aliphatic rings. The van der Waals surface area contributed by atoms with Crippen molar-refractivity contribution in [1.82, 2.24) is 14.9 Å². The highest BCUT2D eigenvalue weighted by Crippen LogP contribution is 2.40. The Morgan fingerprint density at radius 1 is 1.44 bits per heavy atom. The molecule has 96 valence electrons. The maximum Gasteiger partial charge on any atom is 0.124 e. The summed E-state index contributed by atoms with van der Waals surface area (Å²) >= 11 is 6.33. The van der Waals surface area contributed by atoms with Gasteiger partial charge in [0.25, 0.3) is 0 Å². The van der Waals surface area contributed by atoms with Crippen LogP contribution in [0.4, 0.5) is 0 Å². The van der Waals surface area contributed by atoms with Gasteiger partial charge in [-0.3, -0.25) is 0 Å². The van der Waals surface area contributed by atoms with Gasteiger partial charge in [-0.05, 0) is 25.0 Å². The molecule has 1 aliphatic carbocycles. The van der Waals surface area contributed by atoms with Gasteiger partial charge >= 0.3 is 0 Å². The number of hydrogen-bond acceptors (Lipinski definition) is 2. The topological polar surface area (TPSA) is 29.9 Å². The number of nitrogens with zero attached hydrogens (tertiary/aromatic N) is 2. The molecule has 1 N–H and O–H groups in total. The average molecular weight is 264 g/mol. The molecule has 0 amide bonds. The third-order valence-electron chi connectivity index (χ3n) is 3.31. The third-order valence-corrected chi connectivity index (χ3v) is 3.62. The third kappa shape index (κ3) is 2.13. The molecule has 1 heterocycles. The summed E-state index contributed by atoms with van der Waals surface area (Å²) < 4.78 is 2.33. The molecule has 0 atom stereocenters. The van der Waals surface area contributed by atoms with Crippen LogP contribution in [-0.4, -0.2) is 15.6 Å². The molecule has 18 heavy (non-hydrogen) atoms. The van der Waals surface area contributed by atoms with Crippen molar-refractivity contribution in [2.75, 3.05) is 0 Å². The van der Waals surface area contributed by atoms with Gasteiger partial charge in [-0.25, -0.2) is 4.98 Å². The number of fused-ring (bicyclic) bond motifs is 1. The summed E-state index contributed by atoms with van der Waals surface area (Å²) in [5.41, 5.74) is 2.11. The van der Waals surface area contributed by atoms with Crippen molar-refractivity contribution in [2.24, 2.45) is 0 Å². The van der Waals surface area contributed by atoms with Crippen molar-refractivity contribution in [3.8, 4) is 0 Å². The summed E-state index contributed by atoms with van der Waals surface area (Å²) in [6.45, 7) is 5.10. The van der Waals surface area contributed by atoms with E-state index in [1.165, 1.54) is 12.8 Å². The molecule has 3 rings (SSSR count). The first-order valence-corrected chi connectivity index (χ1v) is 6.93. The normalized spacial score (nSPS) is 15.8. The zero-order chi connectivity index (χ0) is 12.7. The molecule has 1 fully saturated rings. The summed E-state index contributed by atoms with van der Waals surface area (Å²) in [6, 6.07) is 7.02. The Morgan fingerprint density at radius 2 is 2.22 bits per heavy atom. The number of imidazole rings is 1. The second-order valence-electron chi connectivity index (χ2n) is 5.27. The van der Waals surface area contributed by atoms with Crippen molar-refractivity contribution < 1.29 is 0 Å². The average Bonchev–Trinajstić information content (AvgIpc) is 3.08. The first-order valence-electron chi connectivity index (χ1n) is 6.55. The smallest absolute Gasteiger partial charge is 0.124 e. The van der Waals surface area contributed by atoms with Crippen LogP contribution in [0.5, 0.6) is 0 Å². The van der Waals surface area contributed by atoms with E-state index in [0.29, 0.717) is 12.1 Å². The molecule has 2 aromatic rings. The Balaban J connectivity index is 2.07. The standard InChI is InChI=1S/C14H18ClN3/c1-9(2)16-8-13-17-12-5-3-4-11(15)14(12)18(13)10-6-7-10/h3-5,9-10,16H,6-8H2,1-2H3. The predicted molar refractivity (Wildman–Crippen MR) is 75.0 cm³/mol. The minimum atomic E-state index is 0.466. The molecule has 4 heteroatoms. The van der Waals surface area contributed by atoms with Crippen LogP contribution in [0.3, 0.4) is 0 Å². The molecule has 0 saturated heterocycles. The van der Waals surface area contributed by atoms with Crippen LogP contribution in [-0.2, 0) is 6.54 Å². The SMILES string of the molecule is CC(C)NCc1nc2cccc(Cl)c2n1C1CC1. The van der Waals surface area contributed by atoms with Gasteiger partial charge in [0.1, 0.15) is 5.82 Å². The second-order valence-corrected chi connectivity index (χ2v) is 5.68. The molecule has 3 nitrogen and oxygen atoms in total. The number of benzene rings is 1. The molecular weight excluding hydrogens is 246 g/mol. The van der Waals surface area contributed by atoms with Gasteiger partial charge in [-0.2, -0.15) is 0 Å². The van der Waals surface area contributed by atoms with Crippen molar-refractivity contribution >= 4 is 22.6 Å². The van der Waals surface area contributed by atoms with Crippen molar-refractivity contribution in [3.63, 3.8) is 0 Å². The van der Waals surface area contributed by atoms with E-state index in [4.69, 9.17) is 16.6 Å². The summed E-state index contributed by atoms with van der Waals surface area (Å²) in [6.07, 6.45) is 2.48. The van der Waals surface area contributed by atoms with E-state index in [1.54, 1.807) is 0 Å². The van der Waals surface area contributed by atoms with Gasteiger partial charge in [-0.1, -0.05) is 31.5 Å². The van der Waals surface area contributed by atoms with E-state index in [9.17, 15) is 0 Å². The second kappa shape index (κ2) is 4.56. The lowest BCUT2D eigenvalue weighted by Gasteiger charge is -2.11. The van der Waals surface area contributed by atoms with Crippen molar-refractivity contribution in [3.05, 3.63) is 29.0 Å². The summed E-state index contributed by atoms with van der Waals surface area (Å²) in [5, 5.41) is 4.25. The highest BCUT2D eigenvalue weighted by atomic mass is 35.5. The fourth-order valence-corrected chi connectivity index (χ4v) is 2.56. The largest absolute Gasteiger partial charge is 0.323 e. The van der Waals surface area contributed by atoms with E-state index >= 15 is 0 Å². The first-order chi connectivity index (χ1) is 8.66. The van der Waals surface area contributed by atoms with Crippen LogP contribution < -0.4 is 5.32 Å². The van der Waals surface area contributed by atoms with E-state index in [-0.39, 0.29) is 0 Å². The van der Waals surface area contributed by atoms with Gasteiger partial charge in [0, 0.05) is 12.1 Å². The van der Waals surface area contributed by atoms with Gasteiger partial charge in [0.2, 0.25) is 0 Å². The zero-order valence-electron chi connectivity index (χ0n) is 10.8. The number of hydrogen-bond donors (Lipinski definition) is 1. The monoisotopic (exact) mass is 263 g/mol. The Bertz CT molecular complexity index is 570. The summed E-state index contributed by atoms with van der Waals surface area (Å²) in [5.74, 6) is 1.11. The predicted octanol–water partition coefficient (Wildman–Crippen LogP) is 3.52. The Hall–Kier alpha value is -1.06. The van der Waals surface area contributed by atoms with Crippen LogP contribution >= 0.6 is 11.6 Å². The van der Waals surface area contributed by atoms with Crippen LogP contribution in [0.1, 0.15) is 38.6 Å². The molecule has 0 radical (unpaired) electrons. The van der Waals surface area contributed by atoms with Crippen LogP contribution in [0.15, 0.2) is 18.2 Å². The number of rotatable bonds is 4. The number of halogens is 1. The molecule has 0 aliphatic heterocycles. The van der Waals surface area contributed by atoms with Crippen molar-refractivity contribution in [1.29, 1.82) is 0 Å². The highest BCUT2D eigenvalue weighted by molar-refractivity contribution is 6.35. The Kier molecular flexibility index (Phi) is 3.04. The minimum absolute atomic E-state index is 0.466. The van der Waals surface area contributed by atoms with Gasteiger partial charge in [0.05, 0.1) is 22.6 Å². The number of para-hydroxylation sites is 1. The lowest BCUT2D eigenvalue weighted by molar-refractivity contribution is 0.552. The molecule has 1 aromatic heterocycles. The quantitative estimate of drug-likeness (QED) is 0.915. The molecular formula is C14H18ClN3. The highest BCUT2D eigenvalue weighted by Gasteiger charge is 2.28. The Labute approximate surface area is 112 Å². The lowest BCUT2D eigenvalue weighted by atomic mass is 10.3. The van der Waals surface area contributed by atoms with Crippen molar-refractivity contribution in [2.45, 2.75) is 45.3 Å². The Morgan fingerprint density at radius 3 is 2.89 bits per heavy atom. The molecule has 1 aromatic carbocycles. The lowest BCUT2D eigenvalue weighted by Crippen LogP contribution is -2.24. The number of nitrogens with one attached hydrogen (secondary N) is 1. The summed E-state index contributed by atoms with van der Waals surface area (Å²) in [4.78, 5) is 4.72. The van der Waals surface area contributed by atoms with E-state index < -0.39 is 0 Å². The maximum atomic E-state index is 6.33. The van der Waals surface area contributed by atoms with Crippen LogP contribution in [0.2, 0.25) is 5.02 Å². The van der Waals surface area contributed by atoms with Crippen LogP contribution in [0.25, 0.3) is 11.0 Å². The summed E-state index contributed by atoms with van der Waals surface area (Å²) in [7, 11) is 0. The maximum absolute atomic E-state index is 6.33. The fourth-order valence-electron chi connectivity index (χ4n) is 2.30. The van der Waals surface area contributed by atoms with Crippen LogP contribution in [0, 0.1) is 0 Å². The van der Waals surface area contributed by atoms with Gasteiger partial charge in [-0.15, -0.1) is 0 Å². The minimum Gasteiger partial charge on any atom is -0.323 e. The number of aromatic nitrogens is 2. The van der Waals surface area contributed by atoms with E-state index in [1.807, 2.05) is 18.2 Å². The van der Waals surface area contributed by atoms with Gasteiger partial charge in [0.15, 0.2) is 0 Å². The zero-order valence-corrected chi connectivity index (χ0v) is 11.5. The molecule has 0 bridgehead atoms.